The van der Waals surface area contributed by atoms with Crippen LogP contribution >= 0.6 is 0 Å². The molecule has 0 fully saturated rings. The molecule has 0 saturated carbocycles. The molecule has 0 radical (unpaired) electrons. The molecule has 17 heavy (non-hydrogen) atoms. The van der Waals surface area contributed by atoms with Crippen molar-refractivity contribution < 1.29 is 13.6 Å². The fourth-order valence-corrected chi connectivity index (χ4v) is 1.37. The first kappa shape index (κ1) is 13.4. The zero-order chi connectivity index (χ0) is 13.2. The second-order valence-corrected chi connectivity index (χ2v) is 4.07. The van der Waals surface area contributed by atoms with E-state index in [2.05, 4.69) is 5.32 Å². The van der Waals surface area contributed by atoms with Crippen LogP contribution < -0.4 is 5.32 Å². The summed E-state index contributed by atoms with van der Waals surface area (Å²) in [6.07, 6.45) is 0. The molecule has 0 spiro atoms. The van der Waals surface area contributed by atoms with Crippen molar-refractivity contribution in [2.24, 2.45) is 0 Å². The zero-order valence-corrected chi connectivity index (χ0v) is 10.3. The number of nitrogens with zero attached hydrogens (tertiary/aromatic N) is 1. The van der Waals surface area contributed by atoms with Crippen LogP contribution in [-0.2, 0) is 0 Å². The maximum absolute atomic E-state index is 13.5. The highest BCUT2D eigenvalue weighted by molar-refractivity contribution is 5.94. The summed E-state index contributed by atoms with van der Waals surface area (Å²) in [5, 5.41) is 2.41. The van der Waals surface area contributed by atoms with Gasteiger partial charge in [-0.3, -0.25) is 4.79 Å². The first-order chi connectivity index (χ1) is 7.88. The number of anilines is 1. The highest BCUT2D eigenvalue weighted by Crippen LogP contribution is 2.21. The fraction of sp³-hybridized carbons (Fsp3) is 0.417. The van der Waals surface area contributed by atoms with E-state index >= 15 is 0 Å². The first-order valence-corrected chi connectivity index (χ1v) is 5.32. The third-order valence-electron chi connectivity index (χ3n) is 2.63. The Bertz CT molecular complexity index is 410. The molecular formula is C12H16F2N2O. The van der Waals surface area contributed by atoms with E-state index < -0.39 is 17.5 Å². The summed E-state index contributed by atoms with van der Waals surface area (Å²) in [6, 6.07) is 2.05. The number of rotatable bonds is 3. The van der Waals surface area contributed by atoms with Gasteiger partial charge in [-0.05, 0) is 26.0 Å². The van der Waals surface area contributed by atoms with E-state index in [-0.39, 0.29) is 17.3 Å². The summed E-state index contributed by atoms with van der Waals surface area (Å²) in [5.41, 5.74) is -0.219. The van der Waals surface area contributed by atoms with Gasteiger partial charge in [-0.1, -0.05) is 0 Å². The Labute approximate surface area is 99.4 Å². The molecule has 1 aromatic rings. The predicted molar refractivity (Wildman–Crippen MR) is 63.1 cm³/mol. The van der Waals surface area contributed by atoms with Crippen molar-refractivity contribution in [2.75, 3.05) is 19.4 Å². The van der Waals surface area contributed by atoms with Crippen molar-refractivity contribution in [3.8, 4) is 0 Å². The summed E-state index contributed by atoms with van der Waals surface area (Å²) in [5.74, 6) is -1.94. The molecule has 0 bridgehead atoms. The van der Waals surface area contributed by atoms with E-state index in [0.717, 1.165) is 12.1 Å². The Morgan fingerprint density at radius 3 is 2.12 bits per heavy atom. The van der Waals surface area contributed by atoms with Crippen LogP contribution in [0.25, 0.3) is 0 Å². The van der Waals surface area contributed by atoms with Crippen LogP contribution in [0.3, 0.4) is 0 Å². The molecule has 0 saturated heterocycles. The van der Waals surface area contributed by atoms with Crippen LogP contribution in [0.1, 0.15) is 24.2 Å². The maximum Gasteiger partial charge on any atom is 0.254 e. The van der Waals surface area contributed by atoms with Crippen molar-refractivity contribution in [1.82, 2.24) is 4.90 Å². The van der Waals surface area contributed by atoms with E-state index in [1.54, 1.807) is 7.05 Å². The lowest BCUT2D eigenvalue weighted by molar-refractivity contribution is 0.0754. The van der Waals surface area contributed by atoms with Crippen LogP contribution in [0.5, 0.6) is 0 Å². The van der Waals surface area contributed by atoms with Crippen LogP contribution in [0.4, 0.5) is 14.5 Å². The Balaban J connectivity index is 3.13. The molecule has 0 unspecified atom stereocenters. The fourth-order valence-electron chi connectivity index (χ4n) is 1.37. The van der Waals surface area contributed by atoms with Gasteiger partial charge in [-0.15, -0.1) is 0 Å². The standard InChI is InChI=1S/C12H16F2N2O/c1-7(2)16(4)12(17)8-5-9(13)11(15-3)10(14)6-8/h5-7,15H,1-4H3. The number of carbonyl (C=O) groups excluding carboxylic acids is 1. The van der Waals surface area contributed by atoms with E-state index in [1.165, 1.54) is 11.9 Å². The first-order valence-electron chi connectivity index (χ1n) is 5.32. The van der Waals surface area contributed by atoms with Crippen LogP contribution in [0, 0.1) is 11.6 Å². The van der Waals surface area contributed by atoms with Crippen molar-refractivity contribution in [2.45, 2.75) is 19.9 Å². The molecule has 1 amide bonds. The molecule has 5 heteroatoms. The zero-order valence-electron chi connectivity index (χ0n) is 10.3. The second kappa shape index (κ2) is 5.12. The minimum Gasteiger partial charge on any atom is -0.383 e. The largest absolute Gasteiger partial charge is 0.383 e. The summed E-state index contributed by atoms with van der Waals surface area (Å²) in [7, 11) is 3.01. The van der Waals surface area contributed by atoms with Crippen molar-refractivity contribution in [3.05, 3.63) is 29.3 Å². The number of benzene rings is 1. The molecule has 0 atom stereocenters. The summed E-state index contributed by atoms with van der Waals surface area (Å²) in [4.78, 5) is 13.3. The van der Waals surface area contributed by atoms with Crippen molar-refractivity contribution in [1.29, 1.82) is 0 Å². The maximum atomic E-state index is 13.5. The summed E-state index contributed by atoms with van der Waals surface area (Å²) < 4.78 is 26.9. The highest BCUT2D eigenvalue weighted by Gasteiger charge is 2.18. The Morgan fingerprint density at radius 2 is 1.76 bits per heavy atom. The van der Waals surface area contributed by atoms with Gasteiger partial charge in [0.15, 0.2) is 0 Å². The predicted octanol–water partition coefficient (Wildman–Crippen LogP) is 2.49. The van der Waals surface area contributed by atoms with Crippen LogP contribution in [-0.4, -0.2) is 30.9 Å². The average molecular weight is 242 g/mol. The van der Waals surface area contributed by atoms with Gasteiger partial charge in [0.2, 0.25) is 0 Å². The van der Waals surface area contributed by atoms with E-state index in [9.17, 15) is 13.6 Å². The lowest BCUT2D eigenvalue weighted by atomic mass is 10.1. The van der Waals surface area contributed by atoms with E-state index in [1.807, 2.05) is 13.8 Å². The number of halogens is 2. The number of amides is 1. The molecule has 1 N–H and O–H groups in total. The van der Waals surface area contributed by atoms with Gasteiger partial charge in [-0.25, -0.2) is 8.78 Å². The normalized spacial score (nSPS) is 10.5. The second-order valence-electron chi connectivity index (χ2n) is 4.07. The van der Waals surface area contributed by atoms with Gasteiger partial charge in [0.05, 0.1) is 0 Å². The number of hydrogen-bond acceptors (Lipinski definition) is 2. The Kier molecular flexibility index (Phi) is 4.04. The van der Waals surface area contributed by atoms with E-state index in [0.29, 0.717) is 0 Å². The van der Waals surface area contributed by atoms with Gasteiger partial charge < -0.3 is 10.2 Å². The highest BCUT2D eigenvalue weighted by atomic mass is 19.1. The molecule has 94 valence electrons. The van der Waals surface area contributed by atoms with Crippen molar-refractivity contribution >= 4 is 11.6 Å². The molecule has 3 nitrogen and oxygen atoms in total. The minimum atomic E-state index is -0.770. The number of hydrogen-bond donors (Lipinski definition) is 1. The minimum absolute atomic E-state index is 0.00944. The topological polar surface area (TPSA) is 32.3 Å². The number of carbonyl (C=O) groups is 1. The van der Waals surface area contributed by atoms with Crippen LogP contribution in [0.2, 0.25) is 0 Å². The Hall–Kier alpha value is -1.65. The Morgan fingerprint density at radius 1 is 1.29 bits per heavy atom. The third kappa shape index (κ3) is 2.72. The lowest BCUT2D eigenvalue weighted by Gasteiger charge is -2.21. The van der Waals surface area contributed by atoms with Gasteiger partial charge in [-0.2, -0.15) is 0 Å². The monoisotopic (exact) mass is 242 g/mol. The van der Waals surface area contributed by atoms with Gasteiger partial charge in [0.25, 0.3) is 5.91 Å². The lowest BCUT2D eigenvalue weighted by Crippen LogP contribution is -2.33. The molecule has 0 heterocycles. The number of nitrogens with one attached hydrogen (secondary N) is 1. The van der Waals surface area contributed by atoms with Gasteiger partial charge >= 0.3 is 0 Å². The SMILES string of the molecule is CNc1c(F)cc(C(=O)N(C)C(C)C)cc1F. The quantitative estimate of drug-likeness (QED) is 0.883. The summed E-state index contributed by atoms with van der Waals surface area (Å²) in [6.45, 7) is 3.65. The molecular weight excluding hydrogens is 226 g/mol. The third-order valence-corrected chi connectivity index (χ3v) is 2.63. The molecule has 1 aromatic carbocycles. The molecule has 0 aromatic heterocycles. The molecule has 0 aliphatic rings. The summed E-state index contributed by atoms with van der Waals surface area (Å²) >= 11 is 0. The van der Waals surface area contributed by atoms with E-state index in [4.69, 9.17) is 0 Å². The molecule has 1 rings (SSSR count). The smallest absolute Gasteiger partial charge is 0.254 e. The molecule has 0 aliphatic carbocycles. The van der Waals surface area contributed by atoms with Crippen molar-refractivity contribution in [3.63, 3.8) is 0 Å². The average Bonchev–Trinajstić information content (AvgIpc) is 2.26. The molecule has 0 aliphatic heterocycles. The van der Waals surface area contributed by atoms with Gasteiger partial charge in [0.1, 0.15) is 17.3 Å². The van der Waals surface area contributed by atoms with Gasteiger partial charge in [0, 0.05) is 25.7 Å². The van der Waals surface area contributed by atoms with Crippen LogP contribution in [0.15, 0.2) is 12.1 Å².